The molecule has 29 heavy (non-hydrogen) atoms. The number of carbonyl (C=O) groups excluding carboxylic acids is 1. The predicted molar refractivity (Wildman–Crippen MR) is 119 cm³/mol. The summed E-state index contributed by atoms with van der Waals surface area (Å²) in [6, 6.07) is 11.9. The van der Waals surface area contributed by atoms with Gasteiger partial charge in [-0.1, -0.05) is 18.2 Å². The van der Waals surface area contributed by atoms with Crippen LogP contribution in [0.4, 0.5) is 5.69 Å². The smallest absolute Gasteiger partial charge is 0.253 e. The lowest BCUT2D eigenvalue weighted by Crippen LogP contribution is -2.34. The molecule has 0 saturated heterocycles. The first-order valence-corrected chi connectivity index (χ1v) is 9.91. The minimum Gasteiger partial charge on any atom is -0.497 e. The lowest BCUT2D eigenvalue weighted by Gasteiger charge is -2.32. The lowest BCUT2D eigenvalue weighted by atomic mass is 9.89. The molecule has 1 aliphatic rings. The van der Waals surface area contributed by atoms with Crippen LogP contribution in [-0.2, 0) is 6.42 Å². The molecule has 5 nitrogen and oxygen atoms in total. The van der Waals surface area contributed by atoms with Crippen molar-refractivity contribution in [1.29, 1.82) is 0 Å². The fourth-order valence-electron chi connectivity index (χ4n) is 4.08. The van der Waals surface area contributed by atoms with Gasteiger partial charge in [-0.25, -0.2) is 0 Å². The van der Waals surface area contributed by atoms with Crippen molar-refractivity contribution in [3.8, 4) is 5.75 Å². The Kier molecular flexibility index (Phi) is 4.82. The van der Waals surface area contributed by atoms with Crippen LogP contribution in [0.15, 0.2) is 48.7 Å². The minimum absolute atomic E-state index is 0.0581. The number of rotatable bonds is 5. The van der Waals surface area contributed by atoms with E-state index in [1.165, 1.54) is 5.57 Å². The number of anilines is 1. The maximum Gasteiger partial charge on any atom is 0.253 e. The van der Waals surface area contributed by atoms with E-state index in [0.717, 1.165) is 39.9 Å². The summed E-state index contributed by atoms with van der Waals surface area (Å²) in [5.41, 5.74) is 5.91. The molecule has 3 N–H and O–H groups in total. The fraction of sp³-hybridized carbons (Fsp3) is 0.292. The van der Waals surface area contributed by atoms with Crippen molar-refractivity contribution in [2.45, 2.75) is 32.7 Å². The molecular weight excluding hydrogens is 362 g/mol. The van der Waals surface area contributed by atoms with Crippen LogP contribution in [0.2, 0.25) is 0 Å². The van der Waals surface area contributed by atoms with E-state index >= 15 is 0 Å². The van der Waals surface area contributed by atoms with Crippen LogP contribution in [0.1, 0.15) is 42.3 Å². The third-order valence-corrected chi connectivity index (χ3v) is 5.41. The van der Waals surface area contributed by atoms with Crippen LogP contribution in [-0.4, -0.2) is 30.1 Å². The molecule has 0 atom stereocenters. The van der Waals surface area contributed by atoms with Crippen molar-refractivity contribution < 1.29 is 9.53 Å². The number of hydrogen-bond donors (Lipinski definition) is 3. The molecule has 2 heterocycles. The first-order chi connectivity index (χ1) is 13.9. The van der Waals surface area contributed by atoms with Gasteiger partial charge in [-0.05, 0) is 62.6 Å². The highest BCUT2D eigenvalue weighted by molar-refractivity contribution is 6.03. The molecule has 5 heteroatoms. The Labute approximate surface area is 171 Å². The number of ether oxygens (including phenoxy) is 1. The van der Waals surface area contributed by atoms with E-state index in [0.29, 0.717) is 12.1 Å². The van der Waals surface area contributed by atoms with Crippen LogP contribution < -0.4 is 15.4 Å². The number of fused-ring (bicyclic) bond motifs is 2. The molecule has 0 fully saturated rings. The van der Waals surface area contributed by atoms with E-state index in [9.17, 15) is 4.79 Å². The molecule has 1 aliphatic heterocycles. The Morgan fingerprint density at radius 3 is 2.83 bits per heavy atom. The topological polar surface area (TPSA) is 66.1 Å². The van der Waals surface area contributed by atoms with Crippen LogP contribution in [0.25, 0.3) is 16.5 Å². The number of aromatic nitrogens is 1. The van der Waals surface area contributed by atoms with Gasteiger partial charge in [0.2, 0.25) is 0 Å². The van der Waals surface area contributed by atoms with Gasteiger partial charge in [0.05, 0.1) is 23.9 Å². The number of aromatic amines is 1. The van der Waals surface area contributed by atoms with Gasteiger partial charge in [0.1, 0.15) is 5.75 Å². The Morgan fingerprint density at radius 1 is 1.21 bits per heavy atom. The van der Waals surface area contributed by atoms with Crippen molar-refractivity contribution in [2.75, 3.05) is 19.0 Å². The normalized spacial score (nSPS) is 14.7. The van der Waals surface area contributed by atoms with Gasteiger partial charge < -0.3 is 20.4 Å². The van der Waals surface area contributed by atoms with Crippen molar-refractivity contribution in [1.82, 2.24) is 10.3 Å². The van der Waals surface area contributed by atoms with Gasteiger partial charge in [-0.15, -0.1) is 0 Å². The zero-order chi connectivity index (χ0) is 20.6. The van der Waals surface area contributed by atoms with Crippen molar-refractivity contribution in [2.24, 2.45) is 0 Å². The van der Waals surface area contributed by atoms with Gasteiger partial charge in [-0.3, -0.25) is 4.79 Å². The molecule has 1 amide bonds. The van der Waals surface area contributed by atoms with Gasteiger partial charge in [0.15, 0.2) is 0 Å². The SMILES string of the molecule is COc1ccc2[nH]cc(CCNC(=O)c3cccc4c3NC(C)(C)C=C4C)c2c1. The van der Waals surface area contributed by atoms with Gasteiger partial charge in [0, 0.05) is 29.2 Å². The third-order valence-electron chi connectivity index (χ3n) is 5.41. The predicted octanol–water partition coefficient (Wildman–Crippen LogP) is 4.76. The fourth-order valence-corrected chi connectivity index (χ4v) is 4.08. The Bertz CT molecular complexity index is 1110. The number of allylic oxidation sites excluding steroid dienone is 1. The Balaban J connectivity index is 1.49. The minimum atomic E-state index is -0.184. The monoisotopic (exact) mass is 389 g/mol. The summed E-state index contributed by atoms with van der Waals surface area (Å²) in [4.78, 5) is 16.2. The summed E-state index contributed by atoms with van der Waals surface area (Å²) < 4.78 is 5.33. The summed E-state index contributed by atoms with van der Waals surface area (Å²) in [5.74, 6) is 0.771. The number of hydrogen-bond acceptors (Lipinski definition) is 3. The van der Waals surface area contributed by atoms with Crippen LogP contribution in [0.5, 0.6) is 5.75 Å². The summed E-state index contributed by atoms with van der Waals surface area (Å²) in [7, 11) is 1.67. The number of amides is 1. The van der Waals surface area contributed by atoms with Crippen LogP contribution in [0.3, 0.4) is 0 Å². The summed E-state index contributed by atoms with van der Waals surface area (Å²) in [5, 5.41) is 7.71. The highest BCUT2D eigenvalue weighted by atomic mass is 16.5. The first-order valence-electron chi connectivity index (χ1n) is 9.91. The highest BCUT2D eigenvalue weighted by Crippen LogP contribution is 2.35. The summed E-state index contributed by atoms with van der Waals surface area (Å²) in [6.45, 7) is 6.87. The molecule has 0 aliphatic carbocycles. The van der Waals surface area contributed by atoms with Crippen molar-refractivity contribution in [3.05, 3.63) is 65.4 Å². The van der Waals surface area contributed by atoms with Crippen molar-refractivity contribution in [3.63, 3.8) is 0 Å². The van der Waals surface area contributed by atoms with E-state index < -0.39 is 0 Å². The van der Waals surface area contributed by atoms with E-state index in [4.69, 9.17) is 4.74 Å². The molecule has 4 rings (SSSR count). The molecule has 2 aromatic carbocycles. The zero-order valence-corrected chi connectivity index (χ0v) is 17.3. The van der Waals surface area contributed by atoms with Crippen LogP contribution >= 0.6 is 0 Å². The largest absolute Gasteiger partial charge is 0.497 e. The van der Waals surface area contributed by atoms with Gasteiger partial charge in [0.25, 0.3) is 5.91 Å². The number of carbonyl (C=O) groups is 1. The van der Waals surface area contributed by atoms with Gasteiger partial charge in [-0.2, -0.15) is 0 Å². The average Bonchev–Trinajstić information content (AvgIpc) is 3.08. The van der Waals surface area contributed by atoms with Gasteiger partial charge >= 0.3 is 0 Å². The maximum atomic E-state index is 12.9. The Morgan fingerprint density at radius 2 is 2.03 bits per heavy atom. The Hall–Kier alpha value is -3.21. The number of H-pyrrole nitrogens is 1. The van der Waals surface area contributed by atoms with E-state index in [2.05, 4.69) is 48.5 Å². The molecule has 0 saturated carbocycles. The molecule has 150 valence electrons. The molecule has 3 aromatic rings. The summed E-state index contributed by atoms with van der Waals surface area (Å²) in [6.07, 6.45) is 4.94. The van der Waals surface area contributed by atoms with E-state index in [-0.39, 0.29) is 11.4 Å². The standard InChI is InChI=1S/C24H27N3O2/c1-15-13-24(2,3)27-22-18(15)6-5-7-19(22)23(28)25-11-10-16-14-26-21-9-8-17(29-4)12-20(16)21/h5-9,12-14,26-27H,10-11H2,1-4H3,(H,25,28). The highest BCUT2D eigenvalue weighted by Gasteiger charge is 2.26. The van der Waals surface area contributed by atoms with E-state index in [1.54, 1.807) is 7.11 Å². The molecule has 1 aromatic heterocycles. The number of para-hydroxylation sites is 1. The second-order valence-corrected chi connectivity index (χ2v) is 8.13. The molecule has 0 bridgehead atoms. The number of benzene rings is 2. The molecule has 0 radical (unpaired) electrons. The van der Waals surface area contributed by atoms with Crippen LogP contribution in [0, 0.1) is 0 Å². The average molecular weight is 389 g/mol. The molecular formula is C24H27N3O2. The number of nitrogens with one attached hydrogen (secondary N) is 3. The molecule has 0 unspecified atom stereocenters. The molecule has 0 spiro atoms. The lowest BCUT2D eigenvalue weighted by molar-refractivity contribution is 0.0955. The third kappa shape index (κ3) is 3.73. The maximum absolute atomic E-state index is 12.9. The second-order valence-electron chi connectivity index (χ2n) is 8.13. The van der Waals surface area contributed by atoms with Crippen molar-refractivity contribution >= 4 is 28.1 Å². The zero-order valence-electron chi connectivity index (χ0n) is 17.3. The number of methoxy groups -OCH3 is 1. The van der Waals surface area contributed by atoms with E-state index in [1.807, 2.05) is 36.5 Å². The first kappa shape index (κ1) is 19.1. The second kappa shape index (κ2) is 7.32. The quantitative estimate of drug-likeness (QED) is 0.590. The summed E-state index contributed by atoms with van der Waals surface area (Å²) >= 11 is 0.